The van der Waals surface area contributed by atoms with Gasteiger partial charge < -0.3 is 9.64 Å². The molecular formula is C19H30N2O2. The maximum atomic E-state index is 13.0. The Hall–Kier alpha value is -1.39. The van der Waals surface area contributed by atoms with E-state index in [4.69, 9.17) is 4.74 Å². The minimum absolute atomic E-state index is 0.177. The normalized spacial score (nSPS) is 17.3. The molecule has 1 heterocycles. The summed E-state index contributed by atoms with van der Waals surface area (Å²) < 4.78 is 5.41. The highest BCUT2D eigenvalue weighted by molar-refractivity contribution is 5.83. The van der Waals surface area contributed by atoms with Crippen molar-refractivity contribution in [3.8, 4) is 0 Å². The Labute approximate surface area is 140 Å². The molecule has 0 bridgehead atoms. The van der Waals surface area contributed by atoms with Gasteiger partial charge in [0.05, 0.1) is 0 Å². The first-order chi connectivity index (χ1) is 11.0. The molecule has 1 amide bonds. The first-order valence-electron chi connectivity index (χ1n) is 8.55. The van der Waals surface area contributed by atoms with Crippen LogP contribution in [0.4, 0.5) is 0 Å². The van der Waals surface area contributed by atoms with Crippen LogP contribution in [0.3, 0.4) is 0 Å². The van der Waals surface area contributed by atoms with E-state index in [1.807, 2.05) is 43.1 Å². The summed E-state index contributed by atoms with van der Waals surface area (Å²) in [4.78, 5) is 16.9. The lowest BCUT2D eigenvalue weighted by molar-refractivity contribution is -0.135. The number of ether oxygens (including phenoxy) is 1. The number of carbonyl (C=O) groups is 1. The Balaban J connectivity index is 2.01. The molecule has 1 aromatic rings. The van der Waals surface area contributed by atoms with Gasteiger partial charge in [-0.3, -0.25) is 9.69 Å². The molecule has 1 aliphatic heterocycles. The molecule has 0 aromatic heterocycles. The SMILES string of the molecule is Cc1ccccc1[C@@H](C(=O)N(C)CCC1CCOCC1)N(C)C. The molecule has 1 saturated heterocycles. The number of benzene rings is 1. The Morgan fingerprint density at radius 3 is 2.48 bits per heavy atom. The van der Waals surface area contributed by atoms with E-state index in [-0.39, 0.29) is 11.9 Å². The van der Waals surface area contributed by atoms with Crippen molar-refractivity contribution in [2.24, 2.45) is 5.92 Å². The van der Waals surface area contributed by atoms with Crippen LogP contribution >= 0.6 is 0 Å². The fourth-order valence-corrected chi connectivity index (χ4v) is 3.26. The molecule has 1 fully saturated rings. The van der Waals surface area contributed by atoms with Gasteiger partial charge in [0.1, 0.15) is 6.04 Å². The lowest BCUT2D eigenvalue weighted by atomic mass is 9.96. The number of nitrogens with zero attached hydrogens (tertiary/aromatic N) is 2. The number of hydrogen-bond donors (Lipinski definition) is 0. The number of hydrogen-bond acceptors (Lipinski definition) is 3. The minimum atomic E-state index is -0.212. The quantitative estimate of drug-likeness (QED) is 0.808. The molecule has 1 aromatic carbocycles. The molecule has 0 unspecified atom stereocenters. The van der Waals surface area contributed by atoms with E-state index in [0.29, 0.717) is 5.92 Å². The van der Waals surface area contributed by atoms with Crippen LogP contribution in [0.25, 0.3) is 0 Å². The Morgan fingerprint density at radius 2 is 1.87 bits per heavy atom. The maximum Gasteiger partial charge on any atom is 0.244 e. The van der Waals surface area contributed by atoms with Gasteiger partial charge >= 0.3 is 0 Å². The van der Waals surface area contributed by atoms with Crippen LogP contribution in [0, 0.1) is 12.8 Å². The highest BCUT2D eigenvalue weighted by Crippen LogP contribution is 2.25. The summed E-state index contributed by atoms with van der Waals surface area (Å²) in [5.74, 6) is 0.867. The Morgan fingerprint density at radius 1 is 1.22 bits per heavy atom. The van der Waals surface area contributed by atoms with Gasteiger partial charge in [-0.15, -0.1) is 0 Å². The largest absolute Gasteiger partial charge is 0.381 e. The molecule has 0 N–H and O–H groups in total. The Bertz CT molecular complexity index is 510. The van der Waals surface area contributed by atoms with Crippen LogP contribution in [0.1, 0.15) is 36.4 Å². The fraction of sp³-hybridized carbons (Fsp3) is 0.632. The second-order valence-corrected chi connectivity index (χ2v) is 6.83. The Kier molecular flexibility index (Phi) is 6.60. The van der Waals surface area contributed by atoms with Crippen LogP contribution < -0.4 is 0 Å². The summed E-state index contributed by atoms with van der Waals surface area (Å²) in [5, 5.41) is 0. The van der Waals surface area contributed by atoms with Gasteiger partial charge in [-0.05, 0) is 57.3 Å². The summed E-state index contributed by atoms with van der Waals surface area (Å²) in [6, 6.07) is 7.94. The van der Waals surface area contributed by atoms with Gasteiger partial charge in [-0.2, -0.15) is 0 Å². The van der Waals surface area contributed by atoms with Gasteiger partial charge in [0, 0.05) is 26.8 Å². The monoisotopic (exact) mass is 318 g/mol. The molecule has 1 atom stereocenters. The number of amides is 1. The first kappa shape index (κ1) is 18.0. The fourth-order valence-electron chi connectivity index (χ4n) is 3.26. The van der Waals surface area contributed by atoms with E-state index in [0.717, 1.165) is 50.1 Å². The smallest absolute Gasteiger partial charge is 0.244 e. The van der Waals surface area contributed by atoms with Gasteiger partial charge in [-0.25, -0.2) is 0 Å². The van der Waals surface area contributed by atoms with Gasteiger partial charge in [0.2, 0.25) is 5.91 Å². The molecule has 4 nitrogen and oxygen atoms in total. The zero-order chi connectivity index (χ0) is 16.8. The summed E-state index contributed by atoms with van der Waals surface area (Å²) in [6.45, 7) is 4.62. The second kappa shape index (κ2) is 8.46. The zero-order valence-electron chi connectivity index (χ0n) is 14.9. The van der Waals surface area contributed by atoms with E-state index in [2.05, 4.69) is 19.1 Å². The maximum absolute atomic E-state index is 13.0. The number of likely N-dealkylation sites (N-methyl/N-ethyl adjacent to an activating group) is 2. The van der Waals surface area contributed by atoms with Crippen LogP contribution in [-0.2, 0) is 9.53 Å². The lowest BCUT2D eigenvalue weighted by Gasteiger charge is -2.31. The third kappa shape index (κ3) is 4.79. The van der Waals surface area contributed by atoms with Crippen molar-refractivity contribution in [1.29, 1.82) is 0 Å². The molecule has 2 rings (SSSR count). The number of aryl methyl sites for hydroxylation is 1. The lowest BCUT2D eigenvalue weighted by Crippen LogP contribution is -2.39. The molecule has 0 aliphatic carbocycles. The van der Waals surface area contributed by atoms with Crippen molar-refractivity contribution in [2.75, 3.05) is 40.9 Å². The standard InChI is InChI=1S/C19H30N2O2/c1-15-7-5-6-8-17(15)18(20(2)3)19(22)21(4)12-9-16-10-13-23-14-11-16/h5-8,16,18H,9-14H2,1-4H3/t18-/m0/s1. The van der Waals surface area contributed by atoms with Gasteiger partial charge in [0.15, 0.2) is 0 Å². The van der Waals surface area contributed by atoms with E-state index >= 15 is 0 Å². The number of rotatable bonds is 6. The highest BCUT2D eigenvalue weighted by atomic mass is 16.5. The molecule has 23 heavy (non-hydrogen) atoms. The van der Waals surface area contributed by atoms with Crippen molar-refractivity contribution in [1.82, 2.24) is 9.80 Å². The summed E-state index contributed by atoms with van der Waals surface area (Å²) in [6.07, 6.45) is 3.31. The van der Waals surface area contributed by atoms with Crippen LogP contribution in [0.5, 0.6) is 0 Å². The van der Waals surface area contributed by atoms with Gasteiger partial charge in [-0.1, -0.05) is 24.3 Å². The average Bonchev–Trinajstić information content (AvgIpc) is 2.55. The van der Waals surface area contributed by atoms with Crippen molar-refractivity contribution in [2.45, 2.75) is 32.2 Å². The van der Waals surface area contributed by atoms with Crippen LogP contribution in [0.2, 0.25) is 0 Å². The van der Waals surface area contributed by atoms with Crippen LogP contribution in [0.15, 0.2) is 24.3 Å². The predicted octanol–water partition coefficient (Wildman–Crippen LogP) is 2.87. The number of carbonyl (C=O) groups excluding carboxylic acids is 1. The molecular weight excluding hydrogens is 288 g/mol. The van der Waals surface area contributed by atoms with E-state index in [1.165, 1.54) is 0 Å². The van der Waals surface area contributed by atoms with E-state index in [1.54, 1.807) is 0 Å². The van der Waals surface area contributed by atoms with Gasteiger partial charge in [0.25, 0.3) is 0 Å². The highest BCUT2D eigenvalue weighted by Gasteiger charge is 2.27. The molecule has 0 radical (unpaired) electrons. The second-order valence-electron chi connectivity index (χ2n) is 6.83. The van der Waals surface area contributed by atoms with Crippen molar-refractivity contribution < 1.29 is 9.53 Å². The van der Waals surface area contributed by atoms with Crippen LogP contribution in [-0.4, -0.2) is 56.6 Å². The van der Waals surface area contributed by atoms with Crippen molar-refractivity contribution in [3.05, 3.63) is 35.4 Å². The minimum Gasteiger partial charge on any atom is -0.381 e. The molecule has 128 valence electrons. The molecule has 0 saturated carbocycles. The summed E-state index contributed by atoms with van der Waals surface area (Å²) in [5.41, 5.74) is 2.26. The van der Waals surface area contributed by atoms with E-state index in [9.17, 15) is 4.79 Å². The third-order valence-electron chi connectivity index (χ3n) is 4.82. The summed E-state index contributed by atoms with van der Waals surface area (Å²) >= 11 is 0. The average molecular weight is 318 g/mol. The first-order valence-corrected chi connectivity index (χ1v) is 8.55. The van der Waals surface area contributed by atoms with Crippen molar-refractivity contribution in [3.63, 3.8) is 0 Å². The van der Waals surface area contributed by atoms with E-state index < -0.39 is 0 Å². The topological polar surface area (TPSA) is 32.8 Å². The molecule has 0 spiro atoms. The molecule has 1 aliphatic rings. The third-order valence-corrected chi connectivity index (χ3v) is 4.82. The molecule has 4 heteroatoms. The van der Waals surface area contributed by atoms with Crippen molar-refractivity contribution >= 4 is 5.91 Å². The summed E-state index contributed by atoms with van der Waals surface area (Å²) in [7, 11) is 5.87. The predicted molar refractivity (Wildman–Crippen MR) is 93.4 cm³/mol. The zero-order valence-corrected chi connectivity index (χ0v) is 14.9.